The van der Waals surface area contributed by atoms with Gasteiger partial charge in [0.1, 0.15) is 11.5 Å². The van der Waals surface area contributed by atoms with E-state index >= 15 is 0 Å². The zero-order valence-electron chi connectivity index (χ0n) is 24.7. The third-order valence-corrected chi connectivity index (χ3v) is 8.66. The first kappa shape index (κ1) is 27.2. The van der Waals surface area contributed by atoms with Crippen LogP contribution in [0.25, 0.3) is 0 Å². The lowest BCUT2D eigenvalue weighted by Crippen LogP contribution is -2.45. The molecular weight excluding hydrogens is 506 g/mol. The Morgan fingerprint density at radius 3 is 1.59 bits per heavy atom. The Kier molecular flexibility index (Phi) is 7.63. The Hall–Kier alpha value is -3.96. The minimum atomic E-state index is -0.464. The molecule has 1 N–H and O–H groups in total. The van der Waals surface area contributed by atoms with Crippen molar-refractivity contribution in [1.29, 1.82) is 0 Å². The predicted molar refractivity (Wildman–Crippen MR) is 170 cm³/mol. The van der Waals surface area contributed by atoms with Gasteiger partial charge >= 0.3 is 0 Å². The van der Waals surface area contributed by atoms with Gasteiger partial charge in [0.2, 0.25) is 0 Å². The van der Waals surface area contributed by atoms with Crippen molar-refractivity contribution < 1.29 is 9.47 Å². The molecule has 4 aromatic carbocycles. The molecule has 41 heavy (non-hydrogen) atoms. The highest BCUT2D eigenvalue weighted by Gasteiger charge is 2.53. The van der Waals surface area contributed by atoms with Crippen molar-refractivity contribution in [3.63, 3.8) is 0 Å². The van der Waals surface area contributed by atoms with Gasteiger partial charge in [-0.3, -0.25) is 0 Å². The highest BCUT2D eigenvalue weighted by molar-refractivity contribution is 5.94. The molecular formula is C36H41N3O2. The average molecular weight is 548 g/mol. The lowest BCUT2D eigenvalue weighted by Gasteiger charge is -2.52. The summed E-state index contributed by atoms with van der Waals surface area (Å²) in [5.74, 6) is 1.85. The van der Waals surface area contributed by atoms with E-state index in [1.807, 2.05) is 0 Å². The molecule has 0 saturated carbocycles. The summed E-state index contributed by atoms with van der Waals surface area (Å²) >= 11 is 0. The maximum atomic E-state index is 6.21. The molecule has 6 rings (SSSR count). The Balaban J connectivity index is 1.63. The second-order valence-electron chi connectivity index (χ2n) is 11.0. The monoisotopic (exact) mass is 547 g/mol. The third-order valence-electron chi connectivity index (χ3n) is 8.66. The van der Waals surface area contributed by atoms with Crippen LogP contribution in [0.2, 0.25) is 0 Å². The standard InChI is InChI=1S/C36H41N3O2/c1-5-23-38-27-15-10-16-28-33(27)36(34-29(38)17-11-19-31(34)40-3,21-22-37-25-26-13-8-7-9-14-26)35-30(39(28)24-6-2)18-12-20-32(35)41-4/h7-20,37H,5-6,21-25H2,1-4H3. The van der Waals surface area contributed by atoms with Crippen molar-refractivity contribution in [2.45, 2.75) is 45.1 Å². The van der Waals surface area contributed by atoms with E-state index in [1.165, 1.54) is 45.0 Å². The maximum Gasteiger partial charge on any atom is 0.125 e. The maximum absolute atomic E-state index is 6.21. The van der Waals surface area contributed by atoms with Crippen molar-refractivity contribution in [3.05, 3.63) is 107 Å². The van der Waals surface area contributed by atoms with Crippen LogP contribution >= 0.6 is 0 Å². The van der Waals surface area contributed by atoms with Gasteiger partial charge in [0, 0.05) is 59.1 Å². The van der Waals surface area contributed by atoms with E-state index in [1.54, 1.807) is 14.2 Å². The zero-order chi connectivity index (χ0) is 28.4. The molecule has 0 atom stereocenters. The van der Waals surface area contributed by atoms with Crippen molar-refractivity contribution >= 4 is 22.7 Å². The van der Waals surface area contributed by atoms with Crippen molar-refractivity contribution in [2.24, 2.45) is 0 Å². The summed E-state index contributed by atoms with van der Waals surface area (Å²) in [6, 6.07) is 30.6. The molecule has 2 aliphatic rings. The number of ether oxygens (including phenoxy) is 2. The molecule has 0 saturated heterocycles. The van der Waals surface area contributed by atoms with E-state index in [0.717, 1.165) is 56.9 Å². The van der Waals surface area contributed by atoms with E-state index < -0.39 is 5.41 Å². The van der Waals surface area contributed by atoms with Crippen LogP contribution in [0.4, 0.5) is 22.7 Å². The van der Waals surface area contributed by atoms with Gasteiger partial charge in [0.05, 0.1) is 19.6 Å². The van der Waals surface area contributed by atoms with Crippen molar-refractivity contribution in [2.75, 3.05) is 43.7 Å². The molecule has 0 amide bonds. The molecule has 0 bridgehead atoms. The lowest BCUT2D eigenvalue weighted by molar-refractivity contribution is 0.379. The number of hydrogen-bond acceptors (Lipinski definition) is 5. The Morgan fingerprint density at radius 1 is 0.610 bits per heavy atom. The van der Waals surface area contributed by atoms with E-state index in [-0.39, 0.29) is 0 Å². The molecule has 2 aliphatic heterocycles. The molecule has 2 heterocycles. The topological polar surface area (TPSA) is 37.0 Å². The molecule has 0 radical (unpaired) electrons. The van der Waals surface area contributed by atoms with Gasteiger partial charge in [-0.15, -0.1) is 0 Å². The number of rotatable bonds is 11. The summed E-state index contributed by atoms with van der Waals surface area (Å²) < 4.78 is 12.4. The molecule has 5 nitrogen and oxygen atoms in total. The normalized spacial score (nSPS) is 14.2. The van der Waals surface area contributed by atoms with Crippen LogP contribution < -0.4 is 24.6 Å². The Labute approximate surface area is 244 Å². The van der Waals surface area contributed by atoms with Gasteiger partial charge < -0.3 is 24.6 Å². The van der Waals surface area contributed by atoms with Crippen LogP contribution in [0.1, 0.15) is 55.4 Å². The summed E-state index contributed by atoms with van der Waals surface area (Å²) in [5.41, 5.74) is 9.67. The average Bonchev–Trinajstić information content (AvgIpc) is 3.02. The quantitative estimate of drug-likeness (QED) is 0.193. The van der Waals surface area contributed by atoms with Crippen LogP contribution in [0.5, 0.6) is 11.5 Å². The number of hydrogen-bond donors (Lipinski definition) is 1. The fraction of sp³-hybridized carbons (Fsp3) is 0.333. The fourth-order valence-corrected chi connectivity index (χ4v) is 7.15. The second kappa shape index (κ2) is 11.5. The van der Waals surface area contributed by atoms with E-state index in [4.69, 9.17) is 9.47 Å². The van der Waals surface area contributed by atoms with Gasteiger partial charge in [-0.05, 0) is 67.8 Å². The first-order valence-corrected chi connectivity index (χ1v) is 15.0. The van der Waals surface area contributed by atoms with Gasteiger partial charge in [-0.2, -0.15) is 0 Å². The van der Waals surface area contributed by atoms with Crippen LogP contribution in [-0.2, 0) is 12.0 Å². The third kappa shape index (κ3) is 4.34. The first-order valence-electron chi connectivity index (χ1n) is 15.0. The molecule has 0 aromatic heterocycles. The van der Waals surface area contributed by atoms with Gasteiger partial charge in [0.15, 0.2) is 0 Å². The Bertz CT molecular complexity index is 1430. The predicted octanol–water partition coefficient (Wildman–Crippen LogP) is 7.94. The van der Waals surface area contributed by atoms with Crippen molar-refractivity contribution in [1.82, 2.24) is 5.32 Å². The number of nitrogens with zero attached hydrogens (tertiary/aromatic N) is 2. The van der Waals surface area contributed by atoms with E-state index in [9.17, 15) is 0 Å². The number of anilines is 4. The number of benzene rings is 4. The molecule has 5 heteroatoms. The van der Waals surface area contributed by atoms with Gasteiger partial charge in [-0.25, -0.2) is 0 Å². The number of nitrogens with one attached hydrogen (secondary N) is 1. The highest BCUT2D eigenvalue weighted by atomic mass is 16.5. The first-order chi connectivity index (χ1) is 20.2. The zero-order valence-corrected chi connectivity index (χ0v) is 24.7. The molecule has 0 spiro atoms. The molecule has 0 aliphatic carbocycles. The molecule has 0 fully saturated rings. The van der Waals surface area contributed by atoms with Gasteiger partial charge in [-0.1, -0.05) is 62.4 Å². The smallest absolute Gasteiger partial charge is 0.125 e. The molecule has 4 aromatic rings. The Morgan fingerprint density at radius 2 is 1.10 bits per heavy atom. The van der Waals surface area contributed by atoms with Gasteiger partial charge in [0.25, 0.3) is 0 Å². The SMILES string of the molecule is CCCN1c2cccc(OC)c2C2(CCNCc3ccccc3)c3c(OC)cccc3N(CCC)c3cccc1c32. The fourth-order valence-electron chi connectivity index (χ4n) is 7.15. The summed E-state index contributed by atoms with van der Waals surface area (Å²) in [5, 5.41) is 3.78. The van der Waals surface area contributed by atoms with Crippen LogP contribution in [0.15, 0.2) is 84.9 Å². The van der Waals surface area contributed by atoms with Crippen LogP contribution in [0.3, 0.4) is 0 Å². The summed E-state index contributed by atoms with van der Waals surface area (Å²) in [6.45, 7) is 8.04. The number of methoxy groups -OCH3 is 2. The summed E-state index contributed by atoms with van der Waals surface area (Å²) in [6.07, 6.45) is 2.96. The number of fused-ring (bicyclic) bond motifs is 4. The minimum Gasteiger partial charge on any atom is -0.496 e. The molecule has 212 valence electrons. The molecule has 0 unspecified atom stereocenters. The van der Waals surface area contributed by atoms with E-state index in [0.29, 0.717) is 0 Å². The second-order valence-corrected chi connectivity index (χ2v) is 11.0. The van der Waals surface area contributed by atoms with Crippen LogP contribution in [-0.4, -0.2) is 33.9 Å². The highest BCUT2D eigenvalue weighted by Crippen LogP contribution is 2.65. The van der Waals surface area contributed by atoms with E-state index in [2.05, 4.69) is 114 Å². The van der Waals surface area contributed by atoms with Crippen molar-refractivity contribution in [3.8, 4) is 11.5 Å². The lowest BCUT2D eigenvalue weighted by atomic mass is 9.61. The summed E-state index contributed by atoms with van der Waals surface area (Å²) in [7, 11) is 3.61. The van der Waals surface area contributed by atoms with Crippen LogP contribution in [0, 0.1) is 0 Å². The minimum absolute atomic E-state index is 0.464. The largest absolute Gasteiger partial charge is 0.496 e. The summed E-state index contributed by atoms with van der Waals surface area (Å²) in [4.78, 5) is 5.02.